The molecule has 0 aliphatic carbocycles. The zero-order valence-electron chi connectivity index (χ0n) is 33.1. The molecule has 0 N–H and O–H groups in total. The maximum absolute atomic E-state index is 13.8. The van der Waals surface area contributed by atoms with Crippen molar-refractivity contribution in [3.8, 4) is 0 Å². The Bertz CT molecular complexity index is 2720. The molecule has 5 aliphatic heterocycles. The summed E-state index contributed by atoms with van der Waals surface area (Å²) in [5.74, 6) is 1.12. The van der Waals surface area contributed by atoms with Crippen LogP contribution in [0.15, 0.2) is 99.1 Å². The Morgan fingerprint density at radius 2 is 1.53 bits per heavy atom. The fourth-order valence-electron chi connectivity index (χ4n) is 9.61. The van der Waals surface area contributed by atoms with E-state index in [0.29, 0.717) is 38.9 Å². The molecule has 7 nitrogen and oxygen atoms in total. The highest BCUT2D eigenvalue weighted by molar-refractivity contribution is 7.19. The average Bonchev–Trinajstić information content (AvgIpc) is 3.62. The zero-order chi connectivity index (χ0) is 39.1. The molecule has 2 aromatic heterocycles. The molecule has 5 aliphatic rings. The highest BCUT2D eigenvalue weighted by atomic mass is 32.1. The van der Waals surface area contributed by atoms with Crippen LogP contribution in [0.1, 0.15) is 91.8 Å². The molecule has 0 spiro atoms. The molecule has 3 aromatic carbocycles. The maximum atomic E-state index is 13.8. The second kappa shape index (κ2) is 13.5. The predicted octanol–water partition coefficient (Wildman–Crippen LogP) is 11.1. The van der Waals surface area contributed by atoms with E-state index in [4.69, 9.17) is 20.7 Å². The van der Waals surface area contributed by atoms with Crippen molar-refractivity contribution in [3.63, 3.8) is 0 Å². The van der Waals surface area contributed by atoms with Crippen LogP contribution in [0.25, 0.3) is 43.9 Å². The van der Waals surface area contributed by atoms with Gasteiger partial charge in [0, 0.05) is 48.5 Å². The van der Waals surface area contributed by atoms with Gasteiger partial charge in [-0.05, 0) is 144 Å². The predicted molar refractivity (Wildman–Crippen MR) is 234 cm³/mol. The zero-order valence-corrected chi connectivity index (χ0v) is 33.9. The minimum Gasteiger partial charge on any atom is -0.457 e. The molecular weight excluding hydrogens is 725 g/mol. The minimum atomic E-state index is -0.382. The second-order valence-corrected chi connectivity index (χ2v) is 18.5. The van der Waals surface area contributed by atoms with Gasteiger partial charge in [0.2, 0.25) is 5.70 Å². The van der Waals surface area contributed by atoms with Gasteiger partial charge in [-0.2, -0.15) is 0 Å². The number of anilines is 2. The van der Waals surface area contributed by atoms with Crippen LogP contribution >= 0.6 is 11.3 Å². The summed E-state index contributed by atoms with van der Waals surface area (Å²) in [6.07, 6.45) is 18.1. The van der Waals surface area contributed by atoms with E-state index in [1.54, 1.807) is 6.08 Å². The van der Waals surface area contributed by atoms with E-state index in [2.05, 4.69) is 66.6 Å². The van der Waals surface area contributed by atoms with Crippen molar-refractivity contribution in [3.05, 3.63) is 150 Å². The highest BCUT2D eigenvalue weighted by Gasteiger charge is 2.42. The second-order valence-electron chi connectivity index (χ2n) is 17.5. The Labute approximate surface area is 337 Å². The third kappa shape index (κ3) is 6.24. The van der Waals surface area contributed by atoms with Crippen molar-refractivity contribution in [1.29, 1.82) is 0 Å². The van der Waals surface area contributed by atoms with E-state index >= 15 is 0 Å². The average molecular weight is 771 g/mol. The smallest absolute Gasteiger partial charge is 0.343 e. The lowest BCUT2D eigenvalue weighted by Crippen LogP contribution is -2.44. The molecule has 0 unspecified atom stereocenters. The standard InChI is InChI=1S/C49H46N4O3S/c1-48(2)18-22-53-23-19-49(3,4)41-44(53)38(48)29-35-26-33(47(54)56-45(35)41)15-17-37-28-34(42(50-5)46-51-39-12-6-7-13-40(39)57-46)27-36(55-37)16-14-30-24-31-10-8-20-52-21-9-11-32(25-30)43(31)52/h6-7,12-17,24-29H,8-11,18-23H2,1-4H3/b16-14+,17-15+,42-34-. The van der Waals surface area contributed by atoms with Crippen molar-refractivity contribution < 1.29 is 9.15 Å². The monoisotopic (exact) mass is 770 g/mol. The van der Waals surface area contributed by atoms with E-state index in [-0.39, 0.29) is 16.5 Å². The molecule has 286 valence electrons. The number of fused-ring (bicyclic) bond motifs is 3. The van der Waals surface area contributed by atoms with Crippen LogP contribution in [0.3, 0.4) is 0 Å². The molecule has 0 saturated carbocycles. The largest absolute Gasteiger partial charge is 0.457 e. The fourth-order valence-corrected chi connectivity index (χ4v) is 10.6. The molecule has 0 atom stereocenters. The van der Waals surface area contributed by atoms with Crippen LogP contribution in [0.4, 0.5) is 11.4 Å². The Morgan fingerprint density at radius 1 is 0.842 bits per heavy atom. The van der Waals surface area contributed by atoms with Gasteiger partial charge in [-0.15, -0.1) is 11.3 Å². The van der Waals surface area contributed by atoms with Crippen LogP contribution in [0.2, 0.25) is 0 Å². The van der Waals surface area contributed by atoms with Gasteiger partial charge >= 0.3 is 5.63 Å². The first-order chi connectivity index (χ1) is 27.5. The van der Waals surface area contributed by atoms with Crippen molar-refractivity contribution in [2.45, 2.75) is 77.0 Å². The quantitative estimate of drug-likeness (QED) is 0.131. The summed E-state index contributed by atoms with van der Waals surface area (Å²) in [7, 11) is 0. The number of thiazole rings is 1. The Kier molecular flexibility index (Phi) is 8.46. The number of benzene rings is 3. The Hall–Kier alpha value is -5.65. The fraction of sp³-hybridized carbons (Fsp3) is 0.327. The van der Waals surface area contributed by atoms with Gasteiger partial charge < -0.3 is 19.0 Å². The van der Waals surface area contributed by atoms with Gasteiger partial charge in [0.25, 0.3) is 0 Å². The molecule has 8 heteroatoms. The molecule has 5 aromatic rings. The molecule has 0 radical (unpaired) electrons. The lowest BCUT2D eigenvalue weighted by atomic mass is 9.69. The lowest BCUT2D eigenvalue weighted by Gasteiger charge is -2.48. The van der Waals surface area contributed by atoms with Gasteiger partial charge in [0.15, 0.2) is 0 Å². The molecule has 57 heavy (non-hydrogen) atoms. The van der Waals surface area contributed by atoms with E-state index in [1.165, 1.54) is 52.2 Å². The third-order valence-corrected chi connectivity index (χ3v) is 13.7. The number of nitrogens with zero attached hydrogens (tertiary/aromatic N) is 4. The number of ether oxygens (including phenoxy) is 1. The van der Waals surface area contributed by atoms with Gasteiger partial charge in [-0.1, -0.05) is 45.9 Å². The third-order valence-electron chi connectivity index (χ3n) is 12.7. The number of hydrogen-bond acceptors (Lipinski definition) is 7. The summed E-state index contributed by atoms with van der Waals surface area (Å²) in [6, 6.07) is 16.8. The van der Waals surface area contributed by atoms with Crippen LogP contribution in [-0.4, -0.2) is 31.2 Å². The summed E-state index contributed by atoms with van der Waals surface area (Å²) in [5.41, 5.74) is 11.9. The summed E-state index contributed by atoms with van der Waals surface area (Å²) in [4.78, 5) is 27.7. The molecule has 0 amide bonds. The Balaban J connectivity index is 1.05. The first-order valence-electron chi connectivity index (χ1n) is 20.3. The van der Waals surface area contributed by atoms with E-state index in [1.807, 2.05) is 54.6 Å². The topological polar surface area (TPSA) is 63.2 Å². The van der Waals surface area contributed by atoms with Gasteiger partial charge in [-0.25, -0.2) is 14.6 Å². The maximum Gasteiger partial charge on any atom is 0.343 e. The van der Waals surface area contributed by atoms with Crippen molar-refractivity contribution >= 4 is 61.7 Å². The minimum absolute atomic E-state index is 0.00839. The van der Waals surface area contributed by atoms with E-state index < -0.39 is 0 Å². The lowest BCUT2D eigenvalue weighted by molar-refractivity contribution is 0.332. The summed E-state index contributed by atoms with van der Waals surface area (Å²) < 4.78 is 13.8. The summed E-state index contributed by atoms with van der Waals surface area (Å²) >= 11 is 1.51. The molecule has 0 fully saturated rings. The van der Waals surface area contributed by atoms with E-state index in [9.17, 15) is 4.79 Å². The van der Waals surface area contributed by atoms with E-state index in [0.717, 1.165) is 78.6 Å². The summed E-state index contributed by atoms with van der Waals surface area (Å²) in [5, 5.41) is 1.60. The van der Waals surface area contributed by atoms with Crippen LogP contribution in [0, 0.1) is 6.57 Å². The summed E-state index contributed by atoms with van der Waals surface area (Å²) in [6.45, 7) is 21.8. The molecule has 0 bridgehead atoms. The molecular formula is C49H46N4O3S. The SMILES string of the molecule is [C-]#[N+]/C(=C1C=C(/C=C/c2cc3c4c(c2)CCCN4CCC3)OC(/C=C/c2cc3cc4c5c(c3oc2=O)C(C)(C)CCN5CCC4(C)C)=C/1)c1nc2ccccc2s1. The van der Waals surface area contributed by atoms with Gasteiger partial charge in [0.1, 0.15) is 22.1 Å². The van der Waals surface area contributed by atoms with Gasteiger partial charge in [0.05, 0.1) is 22.4 Å². The van der Waals surface area contributed by atoms with Crippen molar-refractivity contribution in [1.82, 2.24) is 4.98 Å². The normalized spacial score (nSPS) is 20.3. The number of aromatic nitrogens is 1. The number of aryl methyl sites for hydroxylation is 2. The van der Waals surface area contributed by atoms with Crippen LogP contribution in [0.5, 0.6) is 0 Å². The molecule has 7 heterocycles. The van der Waals surface area contributed by atoms with Gasteiger partial charge in [-0.3, -0.25) is 0 Å². The van der Waals surface area contributed by atoms with Crippen molar-refractivity contribution in [2.24, 2.45) is 0 Å². The first kappa shape index (κ1) is 35.7. The van der Waals surface area contributed by atoms with Crippen LogP contribution in [-0.2, 0) is 28.4 Å². The number of para-hydroxylation sites is 1. The molecule has 10 rings (SSSR count). The number of rotatable bonds is 5. The first-order valence-corrected chi connectivity index (χ1v) is 21.1. The molecule has 0 saturated heterocycles. The number of allylic oxidation sites excluding steroid dienone is 5. The highest BCUT2D eigenvalue weighted by Crippen LogP contribution is 2.51. The Morgan fingerprint density at radius 3 is 2.25 bits per heavy atom. The van der Waals surface area contributed by atoms with Crippen LogP contribution < -0.4 is 15.4 Å². The number of hydrogen-bond donors (Lipinski definition) is 0. The van der Waals surface area contributed by atoms with Crippen molar-refractivity contribution in [2.75, 3.05) is 36.0 Å².